The molecular formula is C23H22ClN7O3. The van der Waals surface area contributed by atoms with E-state index in [-0.39, 0.29) is 24.3 Å². The van der Waals surface area contributed by atoms with Crippen LogP contribution in [0.3, 0.4) is 0 Å². The fourth-order valence-corrected chi connectivity index (χ4v) is 3.98. The number of nitrogens with zero attached hydrogens (tertiary/aromatic N) is 5. The summed E-state index contributed by atoms with van der Waals surface area (Å²) < 4.78 is 5.13. The quantitative estimate of drug-likeness (QED) is 0.554. The maximum Gasteiger partial charge on any atom is 0.271 e. The first-order chi connectivity index (χ1) is 16.5. The monoisotopic (exact) mass is 479 g/mol. The molecule has 0 bridgehead atoms. The topological polar surface area (TPSA) is 137 Å². The van der Waals surface area contributed by atoms with Crippen molar-refractivity contribution in [3.8, 4) is 23.2 Å². The van der Waals surface area contributed by atoms with Gasteiger partial charge in [-0.3, -0.25) is 19.7 Å². The number of methoxy groups -OCH3 is 1. The number of amides is 2. The number of nitrogens with one attached hydrogen (secondary N) is 2. The highest BCUT2D eigenvalue weighted by molar-refractivity contribution is 6.33. The molecule has 0 atom stereocenters. The van der Waals surface area contributed by atoms with E-state index in [0.29, 0.717) is 65.0 Å². The highest BCUT2D eigenvalue weighted by Gasteiger charge is 2.28. The Morgan fingerprint density at radius 3 is 2.82 bits per heavy atom. The second-order valence-electron chi connectivity index (χ2n) is 7.81. The summed E-state index contributed by atoms with van der Waals surface area (Å²) >= 11 is 6.23. The van der Waals surface area contributed by atoms with Crippen LogP contribution in [0.1, 0.15) is 34.6 Å². The molecule has 34 heavy (non-hydrogen) atoms. The molecule has 4 rings (SSSR count). The maximum absolute atomic E-state index is 12.9. The molecule has 0 saturated carbocycles. The third-order valence-electron chi connectivity index (χ3n) is 5.67. The minimum atomic E-state index is -0.191. The van der Waals surface area contributed by atoms with Crippen molar-refractivity contribution in [3.05, 3.63) is 58.6 Å². The van der Waals surface area contributed by atoms with E-state index in [1.165, 1.54) is 13.3 Å². The van der Waals surface area contributed by atoms with Crippen molar-refractivity contribution in [3.63, 3.8) is 0 Å². The third kappa shape index (κ3) is 5.15. The summed E-state index contributed by atoms with van der Waals surface area (Å²) in [5.41, 5.74) is 2.58. The van der Waals surface area contributed by atoms with Crippen molar-refractivity contribution in [2.45, 2.75) is 19.4 Å². The summed E-state index contributed by atoms with van der Waals surface area (Å²) in [6.45, 7) is 1.17. The van der Waals surface area contributed by atoms with Crippen molar-refractivity contribution in [2.75, 3.05) is 20.2 Å². The first kappa shape index (κ1) is 23.2. The van der Waals surface area contributed by atoms with Crippen LogP contribution in [-0.2, 0) is 11.3 Å². The highest BCUT2D eigenvalue weighted by atomic mass is 35.5. The fraction of sp³-hybridized carbons (Fsp3) is 0.304. The average molecular weight is 480 g/mol. The zero-order chi connectivity index (χ0) is 24.1. The zero-order valence-corrected chi connectivity index (χ0v) is 19.2. The molecule has 10 nitrogen and oxygen atoms in total. The average Bonchev–Trinajstić information content (AvgIpc) is 3.37. The molecule has 1 aliphatic rings. The van der Waals surface area contributed by atoms with Crippen LogP contribution in [-0.4, -0.2) is 57.1 Å². The Hall–Kier alpha value is -3.97. The Kier molecular flexibility index (Phi) is 7.04. The molecule has 1 fully saturated rings. The number of likely N-dealkylation sites (tertiary alicyclic amines) is 1. The smallest absolute Gasteiger partial charge is 0.271 e. The van der Waals surface area contributed by atoms with E-state index in [9.17, 15) is 9.59 Å². The molecule has 3 aromatic heterocycles. The summed E-state index contributed by atoms with van der Waals surface area (Å²) in [5, 5.41) is 19.2. The molecule has 4 heterocycles. The predicted molar refractivity (Wildman–Crippen MR) is 123 cm³/mol. The molecule has 174 valence electrons. The molecule has 1 saturated heterocycles. The number of carbonyl (C=O) groups is 2. The van der Waals surface area contributed by atoms with E-state index in [0.717, 1.165) is 0 Å². The van der Waals surface area contributed by atoms with Crippen LogP contribution < -0.4 is 10.1 Å². The SMILES string of the molecule is COc1cc(-c2cc(C(=O)N3CCC(C(=O)NCc4cc(C#N)ccn4)CC3)[nH]n2)c(Cl)cn1. The number of hydrogen-bond donors (Lipinski definition) is 2. The van der Waals surface area contributed by atoms with Gasteiger partial charge in [0.1, 0.15) is 5.69 Å². The molecule has 0 spiro atoms. The normalized spacial score (nSPS) is 13.9. The van der Waals surface area contributed by atoms with Gasteiger partial charge in [0.2, 0.25) is 11.8 Å². The second-order valence-corrected chi connectivity index (χ2v) is 8.21. The van der Waals surface area contributed by atoms with E-state index in [2.05, 4.69) is 31.6 Å². The Morgan fingerprint density at radius 2 is 2.09 bits per heavy atom. The Bertz CT molecular complexity index is 1250. The number of nitriles is 1. The van der Waals surface area contributed by atoms with Gasteiger partial charge < -0.3 is 15.0 Å². The first-order valence-electron chi connectivity index (χ1n) is 10.7. The number of pyridine rings is 2. The van der Waals surface area contributed by atoms with Gasteiger partial charge in [-0.25, -0.2) is 4.98 Å². The van der Waals surface area contributed by atoms with Gasteiger partial charge in [0.25, 0.3) is 5.91 Å². The Labute approximate surface area is 200 Å². The summed E-state index contributed by atoms with van der Waals surface area (Å²) in [5.74, 6) is -0.0681. The number of ether oxygens (including phenoxy) is 1. The van der Waals surface area contributed by atoms with Gasteiger partial charge in [-0.15, -0.1) is 0 Å². The summed E-state index contributed by atoms with van der Waals surface area (Å²) in [4.78, 5) is 35.4. The van der Waals surface area contributed by atoms with Crippen LogP contribution in [0, 0.1) is 17.2 Å². The number of halogens is 1. The van der Waals surface area contributed by atoms with Gasteiger partial charge in [-0.05, 0) is 31.0 Å². The second kappa shape index (κ2) is 10.3. The lowest BCUT2D eigenvalue weighted by atomic mass is 9.95. The molecular weight excluding hydrogens is 458 g/mol. The van der Waals surface area contributed by atoms with E-state index in [4.69, 9.17) is 21.6 Å². The van der Waals surface area contributed by atoms with Crippen molar-refractivity contribution < 1.29 is 14.3 Å². The molecule has 1 aliphatic heterocycles. The van der Waals surface area contributed by atoms with Crippen LogP contribution in [0.4, 0.5) is 0 Å². The first-order valence-corrected chi connectivity index (χ1v) is 11.0. The van der Waals surface area contributed by atoms with Gasteiger partial charge in [0.05, 0.1) is 47.9 Å². The van der Waals surface area contributed by atoms with Gasteiger partial charge in [0, 0.05) is 36.8 Å². The lowest BCUT2D eigenvalue weighted by molar-refractivity contribution is -0.126. The van der Waals surface area contributed by atoms with Crippen LogP contribution >= 0.6 is 11.6 Å². The molecule has 0 aliphatic carbocycles. The Balaban J connectivity index is 1.32. The number of carbonyl (C=O) groups excluding carboxylic acids is 2. The molecule has 11 heteroatoms. The molecule has 0 unspecified atom stereocenters. The van der Waals surface area contributed by atoms with Crippen LogP contribution in [0.5, 0.6) is 5.88 Å². The fourth-order valence-electron chi connectivity index (χ4n) is 3.78. The number of hydrogen-bond acceptors (Lipinski definition) is 7. The highest BCUT2D eigenvalue weighted by Crippen LogP contribution is 2.29. The molecule has 2 N–H and O–H groups in total. The van der Waals surface area contributed by atoms with Crippen LogP contribution in [0.15, 0.2) is 36.7 Å². The van der Waals surface area contributed by atoms with Gasteiger partial charge >= 0.3 is 0 Å². The number of aromatic nitrogens is 4. The van der Waals surface area contributed by atoms with Crippen molar-refractivity contribution in [1.82, 2.24) is 30.4 Å². The largest absolute Gasteiger partial charge is 0.481 e. The van der Waals surface area contributed by atoms with Crippen molar-refractivity contribution >= 4 is 23.4 Å². The molecule has 0 aromatic carbocycles. The van der Waals surface area contributed by atoms with Crippen molar-refractivity contribution in [1.29, 1.82) is 5.26 Å². The van der Waals surface area contributed by atoms with E-state index in [1.807, 2.05) is 0 Å². The molecule has 3 aromatic rings. The lowest BCUT2D eigenvalue weighted by Crippen LogP contribution is -2.43. The van der Waals surface area contributed by atoms with Gasteiger partial charge in [0.15, 0.2) is 0 Å². The maximum atomic E-state index is 12.9. The Morgan fingerprint density at radius 1 is 1.29 bits per heavy atom. The number of piperidine rings is 1. The summed E-state index contributed by atoms with van der Waals surface area (Å²) in [6, 6.07) is 8.61. The molecule has 0 radical (unpaired) electrons. The predicted octanol–water partition coefficient (Wildman–Crippen LogP) is 2.57. The minimum Gasteiger partial charge on any atom is -0.481 e. The zero-order valence-electron chi connectivity index (χ0n) is 18.4. The van der Waals surface area contributed by atoms with Crippen LogP contribution in [0.2, 0.25) is 5.02 Å². The number of H-pyrrole nitrogens is 1. The van der Waals surface area contributed by atoms with Gasteiger partial charge in [-0.1, -0.05) is 11.6 Å². The van der Waals surface area contributed by atoms with E-state index >= 15 is 0 Å². The number of aromatic amines is 1. The van der Waals surface area contributed by atoms with Gasteiger partial charge in [-0.2, -0.15) is 10.4 Å². The lowest BCUT2D eigenvalue weighted by Gasteiger charge is -2.31. The van der Waals surface area contributed by atoms with Crippen molar-refractivity contribution in [2.24, 2.45) is 5.92 Å². The van der Waals surface area contributed by atoms with E-state index in [1.54, 1.807) is 35.4 Å². The summed E-state index contributed by atoms with van der Waals surface area (Å²) in [6.07, 6.45) is 4.12. The summed E-state index contributed by atoms with van der Waals surface area (Å²) in [7, 11) is 1.51. The standard InChI is InChI=1S/C23H22ClN7O3/c1-34-21-9-17(18(24)13-27-21)19-10-20(30-29-19)23(33)31-6-3-15(4-7-31)22(32)28-12-16-8-14(11-25)2-5-26-16/h2,5,8-10,13,15H,3-4,6-7,12H2,1H3,(H,28,32)(H,29,30). The van der Waals surface area contributed by atoms with Crippen LogP contribution in [0.25, 0.3) is 11.3 Å². The number of rotatable bonds is 6. The third-order valence-corrected chi connectivity index (χ3v) is 5.97. The minimum absolute atomic E-state index is 0.0821. The van der Waals surface area contributed by atoms with E-state index < -0.39 is 0 Å². The molecule has 2 amide bonds.